The Balaban J connectivity index is 2.25. The van der Waals surface area contributed by atoms with Gasteiger partial charge in [0.2, 0.25) is 5.16 Å². The molecule has 18 heavy (non-hydrogen) atoms. The highest BCUT2D eigenvalue weighted by molar-refractivity contribution is 7.99. The summed E-state index contributed by atoms with van der Waals surface area (Å²) in [5, 5.41) is 0.503. The van der Waals surface area contributed by atoms with E-state index in [0.717, 1.165) is 4.90 Å². The lowest BCUT2D eigenvalue weighted by atomic mass is 10.3. The van der Waals surface area contributed by atoms with Gasteiger partial charge in [-0.1, -0.05) is 0 Å². The monoisotopic (exact) mass is 264 g/mol. The molecule has 1 aromatic carbocycles. The molecule has 0 aliphatic heterocycles. The second kappa shape index (κ2) is 5.54. The molecule has 0 saturated carbocycles. The number of rotatable bonds is 4. The van der Waals surface area contributed by atoms with Crippen molar-refractivity contribution < 1.29 is 9.47 Å². The molecule has 94 valence electrons. The Morgan fingerprint density at radius 2 is 1.50 bits per heavy atom. The first-order valence-corrected chi connectivity index (χ1v) is 5.90. The minimum absolute atomic E-state index is 0.222. The van der Waals surface area contributed by atoms with E-state index in [1.807, 2.05) is 24.3 Å². The molecule has 0 unspecified atom stereocenters. The van der Waals surface area contributed by atoms with Gasteiger partial charge in [0.25, 0.3) is 0 Å². The van der Waals surface area contributed by atoms with Crippen molar-refractivity contribution >= 4 is 17.4 Å². The highest BCUT2D eigenvalue weighted by Crippen LogP contribution is 2.27. The molecule has 0 bridgehead atoms. The summed E-state index contributed by atoms with van der Waals surface area (Å²) in [6.45, 7) is 0. The van der Waals surface area contributed by atoms with E-state index in [4.69, 9.17) is 15.2 Å². The van der Waals surface area contributed by atoms with Gasteiger partial charge in [-0.25, -0.2) is 0 Å². The molecule has 1 heterocycles. The van der Waals surface area contributed by atoms with E-state index < -0.39 is 0 Å². The fourth-order valence-corrected chi connectivity index (χ4v) is 1.92. The first-order valence-electron chi connectivity index (χ1n) is 5.08. The lowest BCUT2D eigenvalue weighted by molar-refractivity contribution is 0.332. The third kappa shape index (κ3) is 3.01. The number of hydrogen-bond donors (Lipinski definition) is 1. The van der Waals surface area contributed by atoms with Crippen LogP contribution in [-0.2, 0) is 0 Å². The molecule has 0 radical (unpaired) electrons. The summed E-state index contributed by atoms with van der Waals surface area (Å²) in [7, 11) is 2.98. The Bertz CT molecular complexity index is 511. The van der Waals surface area contributed by atoms with Gasteiger partial charge in [0, 0.05) is 10.6 Å². The molecule has 7 heteroatoms. The Morgan fingerprint density at radius 3 is 2.00 bits per heavy atom. The Hall–Kier alpha value is -2.02. The lowest BCUT2D eigenvalue weighted by Crippen LogP contribution is -2.00. The topological polar surface area (TPSA) is 83.2 Å². The van der Waals surface area contributed by atoms with Gasteiger partial charge in [-0.05, 0) is 36.0 Å². The van der Waals surface area contributed by atoms with Crippen molar-refractivity contribution in [3.05, 3.63) is 24.3 Å². The second-order valence-electron chi connectivity index (χ2n) is 3.26. The highest BCUT2D eigenvalue weighted by atomic mass is 32.2. The molecule has 2 N–H and O–H groups in total. The van der Waals surface area contributed by atoms with E-state index in [1.165, 1.54) is 26.0 Å². The molecule has 0 spiro atoms. The number of benzene rings is 1. The van der Waals surface area contributed by atoms with Crippen molar-refractivity contribution in [2.24, 2.45) is 0 Å². The first-order chi connectivity index (χ1) is 8.71. The number of nitrogens with zero attached hydrogens (tertiary/aromatic N) is 3. The number of nitrogens with two attached hydrogens (primary N) is 1. The minimum atomic E-state index is 0.222. The summed E-state index contributed by atoms with van der Waals surface area (Å²) >= 11 is 1.38. The summed E-state index contributed by atoms with van der Waals surface area (Å²) in [6.07, 6.45) is 0. The molecule has 0 amide bonds. The van der Waals surface area contributed by atoms with Crippen LogP contribution < -0.4 is 15.2 Å². The molecular formula is C11H12N4O2S. The standard InChI is InChI=1S/C11H12N4O2S/c1-16-9-13-10(17-2)15-11(14-9)18-8-5-3-7(12)4-6-8/h3-6H,12H2,1-2H3. The zero-order chi connectivity index (χ0) is 13.0. The van der Waals surface area contributed by atoms with E-state index in [-0.39, 0.29) is 12.0 Å². The molecule has 0 saturated heterocycles. The van der Waals surface area contributed by atoms with Gasteiger partial charge in [-0.2, -0.15) is 9.97 Å². The Labute approximate surface area is 109 Å². The van der Waals surface area contributed by atoms with Crippen molar-refractivity contribution in [1.82, 2.24) is 15.0 Å². The van der Waals surface area contributed by atoms with Crippen molar-refractivity contribution in [3.8, 4) is 12.0 Å². The van der Waals surface area contributed by atoms with Crippen LogP contribution in [0.15, 0.2) is 34.3 Å². The van der Waals surface area contributed by atoms with E-state index in [9.17, 15) is 0 Å². The van der Waals surface area contributed by atoms with Gasteiger partial charge in [0.15, 0.2) is 0 Å². The van der Waals surface area contributed by atoms with Gasteiger partial charge in [-0.3, -0.25) is 0 Å². The number of anilines is 1. The average Bonchev–Trinajstić information content (AvgIpc) is 2.41. The lowest BCUT2D eigenvalue weighted by Gasteiger charge is -2.04. The molecule has 0 fully saturated rings. The zero-order valence-corrected chi connectivity index (χ0v) is 10.8. The third-order valence-corrected chi connectivity index (χ3v) is 2.90. The number of hydrogen-bond acceptors (Lipinski definition) is 7. The molecule has 6 nitrogen and oxygen atoms in total. The number of aromatic nitrogens is 3. The van der Waals surface area contributed by atoms with Crippen LogP contribution >= 0.6 is 11.8 Å². The smallest absolute Gasteiger partial charge is 0.323 e. The van der Waals surface area contributed by atoms with Gasteiger partial charge in [-0.15, -0.1) is 4.98 Å². The molecule has 1 aromatic heterocycles. The molecular weight excluding hydrogens is 252 g/mol. The summed E-state index contributed by atoms with van der Waals surface area (Å²) in [5.41, 5.74) is 6.33. The van der Waals surface area contributed by atoms with Gasteiger partial charge in [0.05, 0.1) is 14.2 Å². The second-order valence-corrected chi connectivity index (χ2v) is 4.30. The van der Waals surface area contributed by atoms with E-state index in [1.54, 1.807) is 0 Å². The fraction of sp³-hybridized carbons (Fsp3) is 0.182. The number of ether oxygens (including phenoxy) is 2. The maximum Gasteiger partial charge on any atom is 0.323 e. The number of methoxy groups -OCH3 is 2. The molecule has 0 atom stereocenters. The Morgan fingerprint density at radius 1 is 0.944 bits per heavy atom. The maximum absolute atomic E-state index is 5.62. The molecule has 0 aliphatic carbocycles. The van der Waals surface area contributed by atoms with Gasteiger partial charge in [0.1, 0.15) is 0 Å². The normalized spacial score (nSPS) is 10.1. The summed E-state index contributed by atoms with van der Waals surface area (Å²) in [6, 6.07) is 7.86. The third-order valence-electron chi connectivity index (χ3n) is 2.03. The van der Waals surface area contributed by atoms with Crippen molar-refractivity contribution in [3.63, 3.8) is 0 Å². The van der Waals surface area contributed by atoms with Crippen molar-refractivity contribution in [2.45, 2.75) is 10.1 Å². The van der Waals surface area contributed by atoms with Crippen LogP contribution in [-0.4, -0.2) is 29.2 Å². The van der Waals surface area contributed by atoms with Gasteiger partial charge < -0.3 is 15.2 Å². The molecule has 2 rings (SSSR count). The van der Waals surface area contributed by atoms with E-state index in [0.29, 0.717) is 10.8 Å². The van der Waals surface area contributed by atoms with Gasteiger partial charge >= 0.3 is 12.0 Å². The van der Waals surface area contributed by atoms with Crippen LogP contribution in [0.25, 0.3) is 0 Å². The summed E-state index contributed by atoms with van der Waals surface area (Å²) < 4.78 is 9.96. The first kappa shape index (κ1) is 12.4. The van der Waals surface area contributed by atoms with Crippen LogP contribution in [0.4, 0.5) is 5.69 Å². The Kier molecular flexibility index (Phi) is 3.83. The van der Waals surface area contributed by atoms with Crippen LogP contribution in [0.2, 0.25) is 0 Å². The van der Waals surface area contributed by atoms with Crippen LogP contribution in [0.1, 0.15) is 0 Å². The predicted molar refractivity (Wildman–Crippen MR) is 67.9 cm³/mol. The SMILES string of the molecule is COc1nc(OC)nc(Sc2ccc(N)cc2)n1. The predicted octanol–water partition coefficient (Wildman–Crippen LogP) is 1.62. The van der Waals surface area contributed by atoms with Crippen molar-refractivity contribution in [1.29, 1.82) is 0 Å². The average molecular weight is 264 g/mol. The van der Waals surface area contributed by atoms with Crippen LogP contribution in [0, 0.1) is 0 Å². The van der Waals surface area contributed by atoms with E-state index >= 15 is 0 Å². The molecule has 2 aromatic rings. The van der Waals surface area contributed by atoms with Crippen LogP contribution in [0.3, 0.4) is 0 Å². The largest absolute Gasteiger partial charge is 0.467 e. The van der Waals surface area contributed by atoms with Crippen LogP contribution in [0.5, 0.6) is 12.0 Å². The summed E-state index contributed by atoms with van der Waals surface area (Å²) in [5.74, 6) is 0. The van der Waals surface area contributed by atoms with Crippen molar-refractivity contribution in [2.75, 3.05) is 20.0 Å². The molecule has 0 aliphatic rings. The number of nitrogen functional groups attached to an aromatic ring is 1. The quantitative estimate of drug-likeness (QED) is 0.840. The highest BCUT2D eigenvalue weighted by Gasteiger charge is 2.08. The minimum Gasteiger partial charge on any atom is -0.467 e. The summed E-state index contributed by atoms with van der Waals surface area (Å²) in [4.78, 5) is 13.1. The van der Waals surface area contributed by atoms with E-state index in [2.05, 4.69) is 15.0 Å². The fourth-order valence-electron chi connectivity index (χ4n) is 1.19. The maximum atomic E-state index is 5.62. The zero-order valence-electron chi connectivity index (χ0n) is 9.95.